The second-order valence-electron chi connectivity index (χ2n) is 7.62. The lowest BCUT2D eigenvalue weighted by Gasteiger charge is -2.19. The summed E-state index contributed by atoms with van der Waals surface area (Å²) in [6, 6.07) is 14.6. The van der Waals surface area contributed by atoms with E-state index < -0.39 is 28.1 Å². The van der Waals surface area contributed by atoms with Gasteiger partial charge < -0.3 is 10.4 Å². The smallest absolute Gasteiger partial charge is 0.241 e. The van der Waals surface area contributed by atoms with Crippen LogP contribution in [-0.4, -0.2) is 24.6 Å². The zero-order valence-corrected chi connectivity index (χ0v) is 17.9. The van der Waals surface area contributed by atoms with Crippen molar-refractivity contribution in [1.29, 1.82) is 0 Å². The number of hydrogen-bond donors (Lipinski definition) is 3. The van der Waals surface area contributed by atoms with E-state index in [9.17, 15) is 17.9 Å². The van der Waals surface area contributed by atoms with Crippen molar-refractivity contribution >= 4 is 15.7 Å². The second-order valence-corrected chi connectivity index (χ2v) is 9.34. The molecule has 0 saturated heterocycles. The molecule has 6 nitrogen and oxygen atoms in total. The van der Waals surface area contributed by atoms with Gasteiger partial charge in [-0.25, -0.2) is 18.1 Å². The van der Waals surface area contributed by atoms with E-state index in [1.54, 1.807) is 30.3 Å². The van der Waals surface area contributed by atoms with E-state index >= 15 is 0 Å². The quantitative estimate of drug-likeness (QED) is 0.489. The number of aryl methyl sites for hydroxylation is 1. The molecular weight excluding hydrogens is 417 g/mol. The number of sulfonamides is 1. The van der Waals surface area contributed by atoms with Crippen molar-refractivity contribution in [1.82, 2.24) is 9.71 Å². The Hall–Kier alpha value is -2.81. The van der Waals surface area contributed by atoms with Crippen LogP contribution in [0.5, 0.6) is 0 Å². The standard InChI is InChI=1S/C23H24FN3O3S/c1-2-15-3-8-19(9-4-15)31(29,30)27-23-20-12-18(7-6-17(20)11-21(23)28)25-13-16-5-10-22(24)26-14-16/h3-10,12,14,21,23,25,27-28H,2,11,13H2,1H3/t21-,23-/m1/s1. The number of fused-ring (bicyclic) bond motifs is 1. The molecule has 3 aromatic rings. The van der Waals surface area contributed by atoms with Crippen LogP contribution in [0.25, 0.3) is 0 Å². The lowest BCUT2D eigenvalue weighted by atomic mass is 10.1. The van der Waals surface area contributed by atoms with Gasteiger partial charge in [-0.1, -0.05) is 31.2 Å². The van der Waals surface area contributed by atoms with Crippen molar-refractivity contribution in [2.24, 2.45) is 0 Å². The molecule has 1 aliphatic rings. The molecule has 4 rings (SSSR count). The average molecular weight is 442 g/mol. The minimum absolute atomic E-state index is 0.170. The van der Waals surface area contributed by atoms with E-state index in [0.717, 1.165) is 34.4 Å². The van der Waals surface area contributed by atoms with E-state index in [-0.39, 0.29) is 4.90 Å². The van der Waals surface area contributed by atoms with Crippen LogP contribution >= 0.6 is 0 Å². The highest BCUT2D eigenvalue weighted by Crippen LogP contribution is 2.34. The first-order valence-corrected chi connectivity index (χ1v) is 11.6. The molecule has 31 heavy (non-hydrogen) atoms. The predicted octanol–water partition coefficient (Wildman–Crippen LogP) is 3.33. The fraction of sp³-hybridized carbons (Fsp3) is 0.261. The molecular formula is C23H24FN3O3S. The van der Waals surface area contributed by atoms with Crippen molar-refractivity contribution in [2.75, 3.05) is 5.32 Å². The minimum atomic E-state index is -3.79. The van der Waals surface area contributed by atoms with Crippen LogP contribution < -0.4 is 10.0 Å². The van der Waals surface area contributed by atoms with Gasteiger partial charge in [0, 0.05) is 24.8 Å². The molecule has 0 aliphatic heterocycles. The van der Waals surface area contributed by atoms with Gasteiger partial charge in [-0.15, -0.1) is 0 Å². The van der Waals surface area contributed by atoms with Crippen LogP contribution in [0.4, 0.5) is 10.1 Å². The van der Waals surface area contributed by atoms with E-state index in [1.165, 1.54) is 12.3 Å². The first kappa shape index (κ1) is 21.4. The molecule has 0 amide bonds. The highest BCUT2D eigenvalue weighted by atomic mass is 32.2. The summed E-state index contributed by atoms with van der Waals surface area (Å²) < 4.78 is 41.4. The Bertz CT molecular complexity index is 1170. The average Bonchev–Trinajstić information content (AvgIpc) is 3.07. The number of benzene rings is 2. The Labute approximate surface area is 181 Å². The highest BCUT2D eigenvalue weighted by Gasteiger charge is 2.34. The van der Waals surface area contributed by atoms with Crippen molar-refractivity contribution < 1.29 is 17.9 Å². The lowest BCUT2D eigenvalue weighted by molar-refractivity contribution is 0.151. The highest BCUT2D eigenvalue weighted by molar-refractivity contribution is 7.89. The summed E-state index contributed by atoms with van der Waals surface area (Å²) in [5.74, 6) is -0.533. The molecule has 0 saturated carbocycles. The van der Waals surface area contributed by atoms with Gasteiger partial charge in [-0.05, 0) is 59.0 Å². The predicted molar refractivity (Wildman–Crippen MR) is 117 cm³/mol. The Morgan fingerprint density at radius 2 is 1.84 bits per heavy atom. The number of nitrogens with zero attached hydrogens (tertiary/aromatic N) is 1. The van der Waals surface area contributed by atoms with E-state index in [4.69, 9.17) is 0 Å². The fourth-order valence-corrected chi connectivity index (χ4v) is 4.98. The summed E-state index contributed by atoms with van der Waals surface area (Å²) in [5, 5.41) is 13.8. The van der Waals surface area contributed by atoms with Crippen LogP contribution in [-0.2, 0) is 29.4 Å². The zero-order chi connectivity index (χ0) is 22.0. The molecule has 0 fully saturated rings. The number of nitrogens with one attached hydrogen (secondary N) is 2. The summed E-state index contributed by atoms with van der Waals surface area (Å²) in [6.45, 7) is 2.45. The number of aliphatic hydroxyl groups is 1. The molecule has 1 aliphatic carbocycles. The molecule has 8 heteroatoms. The third-order valence-corrected chi connectivity index (χ3v) is 6.96. The third-order valence-electron chi connectivity index (χ3n) is 5.50. The molecule has 0 unspecified atom stereocenters. The molecule has 1 heterocycles. The van der Waals surface area contributed by atoms with E-state index in [1.807, 2.05) is 25.1 Å². The lowest BCUT2D eigenvalue weighted by Crippen LogP contribution is -2.33. The minimum Gasteiger partial charge on any atom is -0.391 e. The molecule has 2 aromatic carbocycles. The number of aliphatic hydroxyl groups excluding tert-OH is 1. The number of halogens is 1. The van der Waals surface area contributed by atoms with Crippen molar-refractivity contribution in [3.8, 4) is 0 Å². The Kier molecular flexibility index (Phi) is 6.04. The summed E-state index contributed by atoms with van der Waals surface area (Å²) in [7, 11) is -3.79. The number of hydrogen-bond acceptors (Lipinski definition) is 5. The molecule has 2 atom stereocenters. The first-order valence-electron chi connectivity index (χ1n) is 10.1. The summed E-state index contributed by atoms with van der Waals surface area (Å²) in [5.41, 5.74) is 4.28. The van der Waals surface area contributed by atoms with Crippen LogP contribution in [0.3, 0.4) is 0 Å². The Balaban J connectivity index is 1.52. The molecule has 0 radical (unpaired) electrons. The number of rotatable bonds is 7. The molecule has 1 aromatic heterocycles. The molecule has 0 spiro atoms. The Morgan fingerprint density at radius 3 is 2.52 bits per heavy atom. The van der Waals surface area contributed by atoms with Gasteiger partial charge in [0.2, 0.25) is 16.0 Å². The van der Waals surface area contributed by atoms with Crippen molar-refractivity contribution in [3.05, 3.63) is 89.0 Å². The van der Waals surface area contributed by atoms with Crippen LogP contribution in [0.2, 0.25) is 0 Å². The van der Waals surface area contributed by atoms with Crippen LogP contribution in [0.1, 0.15) is 35.2 Å². The third kappa shape index (κ3) is 4.76. The van der Waals surface area contributed by atoms with Gasteiger partial charge in [0.25, 0.3) is 0 Å². The molecule has 3 N–H and O–H groups in total. The van der Waals surface area contributed by atoms with E-state index in [2.05, 4.69) is 15.0 Å². The van der Waals surface area contributed by atoms with Gasteiger partial charge in [-0.3, -0.25) is 0 Å². The van der Waals surface area contributed by atoms with Crippen molar-refractivity contribution in [3.63, 3.8) is 0 Å². The van der Waals surface area contributed by atoms with Crippen molar-refractivity contribution in [2.45, 2.75) is 43.4 Å². The maximum absolute atomic E-state index is 13.0. The Morgan fingerprint density at radius 1 is 1.10 bits per heavy atom. The van der Waals surface area contributed by atoms with E-state index in [0.29, 0.717) is 13.0 Å². The molecule has 162 valence electrons. The van der Waals surface area contributed by atoms with Crippen LogP contribution in [0.15, 0.2) is 65.7 Å². The van der Waals surface area contributed by atoms with Gasteiger partial charge in [-0.2, -0.15) is 4.39 Å². The summed E-state index contributed by atoms with van der Waals surface area (Å²) in [6.07, 6.45) is 1.81. The maximum Gasteiger partial charge on any atom is 0.241 e. The number of aromatic nitrogens is 1. The van der Waals surface area contributed by atoms with Crippen LogP contribution in [0, 0.1) is 5.95 Å². The maximum atomic E-state index is 13.0. The largest absolute Gasteiger partial charge is 0.391 e. The SMILES string of the molecule is CCc1ccc(S(=O)(=O)N[C@@H]2c3cc(NCc4ccc(F)nc4)ccc3C[C@H]2O)cc1. The summed E-state index contributed by atoms with van der Waals surface area (Å²) in [4.78, 5) is 3.80. The zero-order valence-electron chi connectivity index (χ0n) is 17.0. The first-order chi connectivity index (χ1) is 14.9. The number of pyridine rings is 1. The second kappa shape index (κ2) is 8.74. The topological polar surface area (TPSA) is 91.3 Å². The van der Waals surface area contributed by atoms with Gasteiger partial charge in [0.05, 0.1) is 17.0 Å². The number of anilines is 1. The van der Waals surface area contributed by atoms with Gasteiger partial charge in [0.15, 0.2) is 0 Å². The van der Waals surface area contributed by atoms with Gasteiger partial charge in [0.1, 0.15) is 0 Å². The molecule has 0 bridgehead atoms. The van der Waals surface area contributed by atoms with Gasteiger partial charge >= 0.3 is 0 Å². The summed E-state index contributed by atoms with van der Waals surface area (Å²) >= 11 is 0. The fourth-order valence-electron chi connectivity index (χ4n) is 3.73. The normalized spacial score (nSPS) is 18.0. The monoisotopic (exact) mass is 441 g/mol.